The number of aryl methyl sites for hydroxylation is 1. The normalized spacial score (nSPS) is 11.5. The molecule has 0 radical (unpaired) electrons. The van der Waals surface area contributed by atoms with Crippen LogP contribution >= 0.6 is 11.6 Å². The van der Waals surface area contributed by atoms with Crippen LogP contribution in [0, 0.1) is 6.92 Å². The van der Waals surface area contributed by atoms with Crippen LogP contribution in [-0.4, -0.2) is 8.42 Å². The first-order valence-corrected chi connectivity index (χ1v) is 7.76. The summed E-state index contributed by atoms with van der Waals surface area (Å²) in [6.07, 6.45) is 0. The Bertz CT molecular complexity index is 691. The summed E-state index contributed by atoms with van der Waals surface area (Å²) in [6, 6.07) is 11.9. The Kier molecular flexibility index (Phi) is 3.83. The van der Waals surface area contributed by atoms with Gasteiger partial charge in [0.05, 0.1) is 10.6 Å². The fourth-order valence-corrected chi connectivity index (χ4v) is 3.93. The van der Waals surface area contributed by atoms with E-state index in [2.05, 4.69) is 0 Å². The lowest BCUT2D eigenvalue weighted by Gasteiger charge is -2.10. The maximum absolute atomic E-state index is 12.4. The third-order valence-corrected chi connectivity index (χ3v) is 5.07. The van der Waals surface area contributed by atoms with Crippen molar-refractivity contribution in [2.45, 2.75) is 17.6 Å². The van der Waals surface area contributed by atoms with Crippen LogP contribution in [0.25, 0.3) is 0 Å². The first-order valence-electron chi connectivity index (χ1n) is 5.73. The minimum atomic E-state index is -3.45. The van der Waals surface area contributed by atoms with Gasteiger partial charge < -0.3 is 5.73 Å². The summed E-state index contributed by atoms with van der Waals surface area (Å²) in [5, 5.41) is 0.372. The van der Waals surface area contributed by atoms with Crippen LogP contribution in [0.3, 0.4) is 0 Å². The molecule has 2 N–H and O–H groups in total. The van der Waals surface area contributed by atoms with Crippen LogP contribution in [0.5, 0.6) is 0 Å². The average Bonchev–Trinajstić information content (AvgIpc) is 2.34. The van der Waals surface area contributed by atoms with Crippen LogP contribution in [0.2, 0.25) is 5.02 Å². The van der Waals surface area contributed by atoms with Gasteiger partial charge in [-0.2, -0.15) is 0 Å². The average molecular weight is 296 g/mol. The topological polar surface area (TPSA) is 60.2 Å². The molecule has 0 saturated carbocycles. The van der Waals surface area contributed by atoms with Crippen molar-refractivity contribution in [1.82, 2.24) is 0 Å². The fourth-order valence-electron chi connectivity index (χ4n) is 1.90. The smallest absolute Gasteiger partial charge is 0.182 e. The Hall–Kier alpha value is -1.52. The van der Waals surface area contributed by atoms with Crippen molar-refractivity contribution in [3.8, 4) is 0 Å². The largest absolute Gasteiger partial charge is 0.398 e. The molecular weight excluding hydrogens is 282 g/mol. The van der Waals surface area contributed by atoms with E-state index in [0.717, 1.165) is 0 Å². The molecule has 0 spiro atoms. The summed E-state index contributed by atoms with van der Waals surface area (Å²) >= 11 is 6.02. The van der Waals surface area contributed by atoms with Crippen molar-refractivity contribution in [2.24, 2.45) is 0 Å². The van der Waals surface area contributed by atoms with Gasteiger partial charge in [-0.05, 0) is 30.7 Å². The molecule has 100 valence electrons. The molecule has 2 aromatic rings. The van der Waals surface area contributed by atoms with E-state index in [1.165, 1.54) is 0 Å². The van der Waals surface area contributed by atoms with Crippen molar-refractivity contribution in [3.63, 3.8) is 0 Å². The van der Waals surface area contributed by atoms with Gasteiger partial charge >= 0.3 is 0 Å². The van der Waals surface area contributed by atoms with Crippen molar-refractivity contribution in [2.75, 3.05) is 5.73 Å². The minimum absolute atomic E-state index is 0.191. The number of nitrogens with two attached hydrogens (primary N) is 1. The Morgan fingerprint density at radius 1 is 1.11 bits per heavy atom. The van der Waals surface area contributed by atoms with Crippen molar-refractivity contribution >= 4 is 27.1 Å². The fraction of sp³-hybridized carbons (Fsp3) is 0.143. The third kappa shape index (κ3) is 2.91. The maximum Gasteiger partial charge on any atom is 0.182 e. The summed E-state index contributed by atoms with van der Waals surface area (Å²) in [4.78, 5) is 0.314. The molecule has 0 aliphatic carbocycles. The van der Waals surface area contributed by atoms with Crippen molar-refractivity contribution < 1.29 is 8.42 Å². The molecule has 0 bridgehead atoms. The number of benzene rings is 2. The predicted molar refractivity (Wildman–Crippen MR) is 77.9 cm³/mol. The minimum Gasteiger partial charge on any atom is -0.398 e. The SMILES string of the molecule is Cc1ccccc1S(=O)(=O)Cc1c(N)cccc1Cl. The van der Waals surface area contributed by atoms with Crippen molar-refractivity contribution in [1.29, 1.82) is 0 Å². The van der Waals surface area contributed by atoms with Crippen LogP contribution in [0.4, 0.5) is 5.69 Å². The predicted octanol–water partition coefficient (Wildman–Crippen LogP) is 3.20. The second kappa shape index (κ2) is 5.23. The van der Waals surface area contributed by atoms with Gasteiger partial charge in [0.1, 0.15) is 0 Å². The van der Waals surface area contributed by atoms with E-state index < -0.39 is 9.84 Å². The van der Waals surface area contributed by atoms with E-state index in [-0.39, 0.29) is 5.75 Å². The molecule has 0 aliphatic heterocycles. The van der Waals surface area contributed by atoms with E-state index in [9.17, 15) is 8.42 Å². The van der Waals surface area contributed by atoms with Gasteiger partial charge in [-0.15, -0.1) is 0 Å². The van der Waals surface area contributed by atoms with E-state index in [1.807, 2.05) is 0 Å². The number of nitrogen functional groups attached to an aromatic ring is 1. The number of rotatable bonds is 3. The number of halogens is 1. The number of hydrogen-bond acceptors (Lipinski definition) is 3. The van der Waals surface area contributed by atoms with Gasteiger partial charge in [-0.3, -0.25) is 0 Å². The summed E-state index contributed by atoms with van der Waals surface area (Å²) < 4.78 is 24.8. The van der Waals surface area contributed by atoms with E-state index in [1.54, 1.807) is 49.4 Å². The van der Waals surface area contributed by atoms with Gasteiger partial charge in [0.25, 0.3) is 0 Å². The van der Waals surface area contributed by atoms with E-state index in [0.29, 0.717) is 26.7 Å². The molecule has 0 saturated heterocycles. The molecule has 0 fully saturated rings. The highest BCUT2D eigenvalue weighted by Gasteiger charge is 2.20. The molecule has 0 unspecified atom stereocenters. The second-order valence-corrected chi connectivity index (χ2v) is 6.70. The van der Waals surface area contributed by atoms with E-state index in [4.69, 9.17) is 17.3 Å². The molecule has 19 heavy (non-hydrogen) atoms. The quantitative estimate of drug-likeness (QED) is 0.885. The van der Waals surface area contributed by atoms with Crippen LogP contribution in [0.15, 0.2) is 47.4 Å². The molecule has 3 nitrogen and oxygen atoms in total. The summed E-state index contributed by atoms with van der Waals surface area (Å²) in [5.41, 5.74) is 7.36. The lowest BCUT2D eigenvalue weighted by Crippen LogP contribution is -2.09. The van der Waals surface area contributed by atoms with Crippen LogP contribution in [-0.2, 0) is 15.6 Å². The molecule has 2 aromatic carbocycles. The number of anilines is 1. The lowest BCUT2D eigenvalue weighted by molar-refractivity contribution is 0.594. The first-order chi connectivity index (χ1) is 8.92. The highest BCUT2D eigenvalue weighted by Crippen LogP contribution is 2.27. The molecule has 5 heteroatoms. The molecule has 0 aliphatic rings. The molecule has 0 heterocycles. The highest BCUT2D eigenvalue weighted by atomic mass is 35.5. The number of hydrogen-bond donors (Lipinski definition) is 1. The Labute approximate surface area is 117 Å². The van der Waals surface area contributed by atoms with Gasteiger partial charge in [-0.25, -0.2) is 8.42 Å². The lowest BCUT2D eigenvalue weighted by atomic mass is 10.2. The standard InChI is InChI=1S/C14H14ClNO2S/c1-10-5-2-3-8-14(10)19(17,18)9-11-12(15)6-4-7-13(11)16/h2-8H,9,16H2,1H3. The van der Waals surface area contributed by atoms with E-state index >= 15 is 0 Å². The first kappa shape index (κ1) is 13.9. The molecule has 0 atom stereocenters. The molecule has 2 rings (SSSR count). The van der Waals surface area contributed by atoms with Crippen LogP contribution in [0.1, 0.15) is 11.1 Å². The van der Waals surface area contributed by atoms with Crippen molar-refractivity contribution in [3.05, 3.63) is 58.6 Å². The second-order valence-electron chi connectivity index (χ2n) is 4.33. The Morgan fingerprint density at radius 3 is 2.42 bits per heavy atom. The highest BCUT2D eigenvalue weighted by molar-refractivity contribution is 7.90. The zero-order chi connectivity index (χ0) is 14.0. The van der Waals surface area contributed by atoms with Gasteiger partial charge in [0.15, 0.2) is 9.84 Å². The van der Waals surface area contributed by atoms with Gasteiger partial charge in [0, 0.05) is 16.3 Å². The zero-order valence-corrected chi connectivity index (χ0v) is 12.0. The molecule has 0 aromatic heterocycles. The number of sulfone groups is 1. The zero-order valence-electron chi connectivity index (χ0n) is 10.4. The third-order valence-electron chi connectivity index (χ3n) is 2.92. The van der Waals surface area contributed by atoms with Crippen LogP contribution < -0.4 is 5.73 Å². The van der Waals surface area contributed by atoms with Gasteiger partial charge in [0.2, 0.25) is 0 Å². The molecule has 0 amide bonds. The molecular formula is C14H14ClNO2S. The monoisotopic (exact) mass is 295 g/mol. The summed E-state index contributed by atoms with van der Waals surface area (Å²) in [7, 11) is -3.45. The summed E-state index contributed by atoms with van der Waals surface area (Å²) in [5.74, 6) is -0.191. The summed E-state index contributed by atoms with van der Waals surface area (Å²) in [6.45, 7) is 1.77. The Morgan fingerprint density at radius 2 is 1.79 bits per heavy atom. The van der Waals surface area contributed by atoms with Gasteiger partial charge in [-0.1, -0.05) is 35.9 Å². The Balaban J connectivity index is 2.46. The maximum atomic E-state index is 12.4.